The van der Waals surface area contributed by atoms with Crippen LogP contribution in [0.25, 0.3) is 0 Å². The predicted octanol–water partition coefficient (Wildman–Crippen LogP) is 1.21. The minimum Gasteiger partial charge on any atom is -0.465 e. The fourth-order valence-corrected chi connectivity index (χ4v) is 4.05. The summed E-state index contributed by atoms with van der Waals surface area (Å²) in [5.74, 6) is 0.253. The third-order valence-electron chi connectivity index (χ3n) is 4.66. The van der Waals surface area contributed by atoms with Crippen molar-refractivity contribution >= 4 is 21.7 Å². The maximum absolute atomic E-state index is 13.9. The number of carbonyl (C=O) groups is 2. The van der Waals surface area contributed by atoms with E-state index in [9.17, 15) is 22.4 Å². The quantitative estimate of drug-likeness (QED) is 0.857. The number of fused-ring (bicyclic) bond motifs is 1. The van der Waals surface area contributed by atoms with Gasteiger partial charge in [0.2, 0.25) is 10.0 Å². The van der Waals surface area contributed by atoms with Crippen molar-refractivity contribution in [1.29, 1.82) is 0 Å². The normalized spacial score (nSPS) is 23.8. The number of nitrogens with zero attached hydrogens (tertiary/aromatic N) is 1. The molecule has 1 aliphatic carbocycles. The molecule has 25 heavy (non-hydrogen) atoms. The van der Waals surface area contributed by atoms with Crippen LogP contribution in [0.15, 0.2) is 4.42 Å². The topological polar surface area (TPSA) is 96.7 Å². The summed E-state index contributed by atoms with van der Waals surface area (Å²) in [5.41, 5.74) is 0.504. The van der Waals surface area contributed by atoms with Gasteiger partial charge in [0, 0.05) is 31.8 Å². The van der Waals surface area contributed by atoms with Gasteiger partial charge in [0.1, 0.15) is 17.7 Å². The number of aryl methyl sites for hydroxylation is 2. The molecule has 2 atom stereocenters. The zero-order chi connectivity index (χ0) is 18.4. The Labute approximate surface area is 145 Å². The Morgan fingerprint density at radius 1 is 1.40 bits per heavy atom. The second kappa shape index (κ2) is 6.53. The minimum atomic E-state index is -3.45. The Bertz CT molecular complexity index is 817. The van der Waals surface area contributed by atoms with Crippen LogP contribution in [-0.2, 0) is 16.4 Å². The molecule has 3 rings (SSSR count). The van der Waals surface area contributed by atoms with Gasteiger partial charge >= 0.3 is 0 Å². The van der Waals surface area contributed by atoms with Crippen LogP contribution in [0.3, 0.4) is 0 Å². The Balaban J connectivity index is 1.89. The molecule has 1 fully saturated rings. The summed E-state index contributed by atoms with van der Waals surface area (Å²) in [7, 11) is -3.45. The van der Waals surface area contributed by atoms with Gasteiger partial charge in [-0.25, -0.2) is 17.5 Å². The van der Waals surface area contributed by atoms with E-state index in [-0.39, 0.29) is 30.9 Å². The summed E-state index contributed by atoms with van der Waals surface area (Å²) in [4.78, 5) is 26.6. The van der Waals surface area contributed by atoms with Crippen molar-refractivity contribution in [3.8, 4) is 0 Å². The molecule has 1 aromatic rings. The lowest BCUT2D eigenvalue weighted by Gasteiger charge is -2.24. The molecule has 0 spiro atoms. The average Bonchev–Trinajstić information content (AvgIpc) is 3.04. The van der Waals surface area contributed by atoms with Gasteiger partial charge < -0.3 is 9.32 Å². The SMILES string of the molecule is Cc1oc2c(c1C(=O)N1C[C@@H](F)C[C@H]1CNS(C)(=O)=O)C(=O)CCC2. The molecule has 1 aromatic heterocycles. The second-order valence-corrected chi connectivity index (χ2v) is 8.51. The Morgan fingerprint density at radius 2 is 2.12 bits per heavy atom. The Morgan fingerprint density at radius 3 is 2.80 bits per heavy atom. The number of halogens is 1. The molecule has 0 bridgehead atoms. The molecule has 2 heterocycles. The number of Topliss-reactive ketones (excluding diaryl/α,β-unsaturated/α-hetero) is 1. The van der Waals surface area contributed by atoms with E-state index >= 15 is 0 Å². The second-order valence-electron chi connectivity index (χ2n) is 6.67. The fraction of sp³-hybridized carbons (Fsp3) is 0.625. The first-order valence-electron chi connectivity index (χ1n) is 8.22. The number of hydrogen-bond acceptors (Lipinski definition) is 5. The van der Waals surface area contributed by atoms with E-state index in [1.807, 2.05) is 0 Å². The maximum Gasteiger partial charge on any atom is 0.258 e. The van der Waals surface area contributed by atoms with E-state index in [2.05, 4.69) is 4.72 Å². The van der Waals surface area contributed by atoms with Gasteiger partial charge in [0.15, 0.2) is 5.78 Å². The largest absolute Gasteiger partial charge is 0.465 e. The van der Waals surface area contributed by atoms with Crippen LogP contribution in [-0.4, -0.2) is 56.6 Å². The van der Waals surface area contributed by atoms with Crippen molar-refractivity contribution in [2.45, 2.75) is 44.8 Å². The molecular formula is C16H21FN2O5S. The monoisotopic (exact) mass is 372 g/mol. The van der Waals surface area contributed by atoms with E-state index in [4.69, 9.17) is 4.42 Å². The number of rotatable bonds is 4. The molecule has 138 valence electrons. The number of furan rings is 1. The summed E-state index contributed by atoms with van der Waals surface area (Å²) in [6.45, 7) is 1.44. The molecule has 1 aliphatic heterocycles. The van der Waals surface area contributed by atoms with E-state index < -0.39 is 28.1 Å². The standard InChI is InChI=1S/C16H21FN2O5S/c1-9-14(15-12(20)4-3-5-13(15)24-9)16(21)19-8-10(17)6-11(19)7-18-25(2,22)23/h10-11,18H,3-8H2,1-2H3/t10-,11-/m0/s1. The Hall–Kier alpha value is -1.74. The van der Waals surface area contributed by atoms with E-state index in [1.54, 1.807) is 6.92 Å². The number of hydrogen-bond donors (Lipinski definition) is 1. The molecule has 1 N–H and O–H groups in total. The van der Waals surface area contributed by atoms with Gasteiger partial charge in [0.05, 0.1) is 23.9 Å². The van der Waals surface area contributed by atoms with Gasteiger partial charge in [0.25, 0.3) is 5.91 Å². The Kier molecular flexibility index (Phi) is 4.72. The maximum atomic E-state index is 13.9. The van der Waals surface area contributed by atoms with Crippen LogP contribution in [0.2, 0.25) is 0 Å². The van der Waals surface area contributed by atoms with Crippen molar-refractivity contribution in [2.24, 2.45) is 0 Å². The molecule has 0 unspecified atom stereocenters. The number of alkyl halides is 1. The van der Waals surface area contributed by atoms with Crippen LogP contribution in [0, 0.1) is 6.92 Å². The highest BCUT2D eigenvalue weighted by atomic mass is 32.2. The average molecular weight is 372 g/mol. The molecule has 9 heteroatoms. The molecule has 7 nitrogen and oxygen atoms in total. The fourth-order valence-electron chi connectivity index (χ4n) is 3.56. The molecule has 1 saturated heterocycles. The lowest BCUT2D eigenvalue weighted by Crippen LogP contribution is -2.43. The van der Waals surface area contributed by atoms with Crippen molar-refractivity contribution in [1.82, 2.24) is 9.62 Å². The van der Waals surface area contributed by atoms with Gasteiger partial charge in [-0.05, 0) is 13.3 Å². The molecule has 1 amide bonds. The highest BCUT2D eigenvalue weighted by Gasteiger charge is 2.40. The lowest BCUT2D eigenvalue weighted by molar-refractivity contribution is 0.0725. The van der Waals surface area contributed by atoms with Gasteiger partial charge in [-0.2, -0.15) is 0 Å². The summed E-state index contributed by atoms with van der Waals surface area (Å²) in [5, 5.41) is 0. The number of amides is 1. The van der Waals surface area contributed by atoms with Crippen molar-refractivity contribution in [3.63, 3.8) is 0 Å². The predicted molar refractivity (Wildman–Crippen MR) is 87.9 cm³/mol. The van der Waals surface area contributed by atoms with Gasteiger partial charge in [-0.15, -0.1) is 0 Å². The van der Waals surface area contributed by atoms with E-state index in [0.29, 0.717) is 36.3 Å². The van der Waals surface area contributed by atoms with Crippen LogP contribution >= 0.6 is 0 Å². The van der Waals surface area contributed by atoms with Crippen molar-refractivity contribution in [3.05, 3.63) is 22.6 Å². The smallest absolute Gasteiger partial charge is 0.258 e. The van der Waals surface area contributed by atoms with Crippen molar-refractivity contribution in [2.75, 3.05) is 19.3 Å². The first-order valence-corrected chi connectivity index (χ1v) is 10.1. The molecular weight excluding hydrogens is 351 g/mol. The highest BCUT2D eigenvalue weighted by molar-refractivity contribution is 7.88. The first kappa shape index (κ1) is 18.1. The van der Waals surface area contributed by atoms with Crippen LogP contribution in [0.5, 0.6) is 0 Å². The number of nitrogens with one attached hydrogen (secondary N) is 1. The first-order chi connectivity index (χ1) is 11.7. The van der Waals surface area contributed by atoms with Gasteiger partial charge in [-0.3, -0.25) is 9.59 Å². The molecule has 0 aromatic carbocycles. The summed E-state index contributed by atoms with van der Waals surface area (Å²) in [6.07, 6.45) is 1.48. The van der Waals surface area contributed by atoms with Crippen LogP contribution < -0.4 is 4.72 Å². The van der Waals surface area contributed by atoms with Crippen LogP contribution in [0.1, 0.15) is 51.5 Å². The lowest BCUT2D eigenvalue weighted by atomic mass is 9.93. The van der Waals surface area contributed by atoms with Crippen LogP contribution in [0.4, 0.5) is 4.39 Å². The van der Waals surface area contributed by atoms with E-state index in [1.165, 1.54) is 4.90 Å². The summed E-state index contributed by atoms with van der Waals surface area (Å²) >= 11 is 0. The highest BCUT2D eigenvalue weighted by Crippen LogP contribution is 2.32. The zero-order valence-corrected chi connectivity index (χ0v) is 15.0. The summed E-state index contributed by atoms with van der Waals surface area (Å²) < 4.78 is 44.4. The van der Waals surface area contributed by atoms with Gasteiger partial charge in [-0.1, -0.05) is 0 Å². The molecule has 0 radical (unpaired) electrons. The number of sulfonamides is 1. The minimum absolute atomic E-state index is 0.0568. The third kappa shape index (κ3) is 3.62. The number of carbonyl (C=O) groups excluding carboxylic acids is 2. The summed E-state index contributed by atoms with van der Waals surface area (Å²) in [6, 6.07) is -0.596. The van der Waals surface area contributed by atoms with Crippen molar-refractivity contribution < 1.29 is 26.8 Å². The van der Waals surface area contributed by atoms with E-state index in [0.717, 1.165) is 6.26 Å². The molecule has 2 aliphatic rings. The number of likely N-dealkylation sites (tertiary alicyclic amines) is 1. The zero-order valence-electron chi connectivity index (χ0n) is 14.2. The third-order valence-corrected chi connectivity index (χ3v) is 5.35. The number of ketones is 1. The molecule has 0 saturated carbocycles.